The van der Waals surface area contributed by atoms with Gasteiger partial charge in [0, 0.05) is 11.6 Å². The molecule has 25 heavy (non-hydrogen) atoms. The van der Waals surface area contributed by atoms with Crippen LogP contribution in [0.2, 0.25) is 0 Å². The summed E-state index contributed by atoms with van der Waals surface area (Å²) in [5.41, 5.74) is -1.49. The summed E-state index contributed by atoms with van der Waals surface area (Å²) in [4.78, 5) is 29.8. The molecule has 1 aliphatic rings. The lowest BCUT2D eigenvalue weighted by atomic mass is 9.84. The summed E-state index contributed by atoms with van der Waals surface area (Å²) in [7, 11) is 1.38. The predicted octanol–water partition coefficient (Wildman–Crippen LogP) is 3.09. The van der Waals surface area contributed by atoms with Gasteiger partial charge < -0.3 is 9.47 Å². The first kappa shape index (κ1) is 19.8. The Morgan fingerprint density at radius 1 is 1.44 bits per heavy atom. The van der Waals surface area contributed by atoms with Gasteiger partial charge in [0.05, 0.1) is 19.1 Å². The fraction of sp³-hybridized carbons (Fsp3) is 0.722. The molecule has 0 saturated carbocycles. The van der Waals surface area contributed by atoms with Crippen LogP contribution < -0.4 is 5.32 Å². The first-order valence-electron chi connectivity index (χ1n) is 8.56. The summed E-state index contributed by atoms with van der Waals surface area (Å²) in [5.74, 6) is -0.868. The molecule has 0 unspecified atom stereocenters. The second-order valence-corrected chi connectivity index (χ2v) is 8.93. The molecule has 2 rings (SSSR count). The number of esters is 2. The van der Waals surface area contributed by atoms with E-state index in [0.29, 0.717) is 12.8 Å². The Bertz CT molecular complexity index is 609. The maximum atomic E-state index is 12.8. The van der Waals surface area contributed by atoms with Gasteiger partial charge in [-0.3, -0.25) is 14.9 Å². The van der Waals surface area contributed by atoms with Crippen molar-refractivity contribution >= 4 is 23.3 Å². The van der Waals surface area contributed by atoms with Crippen LogP contribution >= 0.6 is 11.3 Å². The molecule has 0 aliphatic carbocycles. The zero-order chi connectivity index (χ0) is 18.8. The maximum absolute atomic E-state index is 12.8. The number of nitrogens with zero attached hydrogens (tertiary/aromatic N) is 1. The van der Waals surface area contributed by atoms with Crippen LogP contribution in [-0.4, -0.2) is 35.2 Å². The highest BCUT2D eigenvalue weighted by Crippen LogP contribution is 2.43. The number of hydrogen-bond donors (Lipinski definition) is 1. The predicted molar refractivity (Wildman–Crippen MR) is 96.1 cm³/mol. The minimum atomic E-state index is -0.902. The van der Waals surface area contributed by atoms with Crippen molar-refractivity contribution in [2.24, 2.45) is 11.8 Å². The quantitative estimate of drug-likeness (QED) is 0.805. The van der Waals surface area contributed by atoms with E-state index in [0.717, 1.165) is 5.01 Å². The Morgan fingerprint density at radius 2 is 2.12 bits per heavy atom. The largest absolute Gasteiger partial charge is 0.468 e. The van der Waals surface area contributed by atoms with E-state index in [-0.39, 0.29) is 23.9 Å². The summed E-state index contributed by atoms with van der Waals surface area (Å²) < 4.78 is 10.7. The average Bonchev–Trinajstić information content (AvgIpc) is 3.11. The Hall–Kier alpha value is -1.47. The van der Waals surface area contributed by atoms with Gasteiger partial charge >= 0.3 is 11.9 Å². The molecule has 0 spiro atoms. The zero-order valence-electron chi connectivity index (χ0n) is 15.8. The Labute approximate surface area is 153 Å². The van der Waals surface area contributed by atoms with E-state index in [9.17, 15) is 9.59 Å². The molecule has 6 nitrogen and oxygen atoms in total. The van der Waals surface area contributed by atoms with Crippen molar-refractivity contribution < 1.29 is 19.1 Å². The third-order valence-electron chi connectivity index (χ3n) is 4.16. The molecule has 140 valence electrons. The van der Waals surface area contributed by atoms with Crippen molar-refractivity contribution in [2.45, 2.75) is 64.6 Å². The molecule has 3 atom stereocenters. The number of ether oxygens (including phenoxy) is 2. The van der Waals surface area contributed by atoms with Crippen molar-refractivity contribution in [3.05, 3.63) is 16.6 Å². The monoisotopic (exact) mass is 368 g/mol. The van der Waals surface area contributed by atoms with Gasteiger partial charge in [-0.2, -0.15) is 0 Å². The number of hydrogen-bond acceptors (Lipinski definition) is 7. The summed E-state index contributed by atoms with van der Waals surface area (Å²) in [6.45, 7) is 9.62. The molecule has 1 aromatic heterocycles. The van der Waals surface area contributed by atoms with Gasteiger partial charge in [0.15, 0.2) is 0 Å². The van der Waals surface area contributed by atoms with Gasteiger partial charge in [-0.05, 0) is 39.5 Å². The maximum Gasteiger partial charge on any atom is 0.326 e. The van der Waals surface area contributed by atoms with E-state index in [1.54, 1.807) is 6.20 Å². The highest BCUT2D eigenvalue weighted by molar-refractivity contribution is 7.09. The first-order valence-corrected chi connectivity index (χ1v) is 9.44. The molecule has 2 heterocycles. The minimum Gasteiger partial charge on any atom is -0.468 e. The number of aromatic nitrogens is 1. The number of thiazole rings is 1. The highest BCUT2D eigenvalue weighted by Gasteiger charge is 2.55. The SMILES string of the molecule is COC(=O)[C@@]1(CC(C)C)C[C@@H](C(=O)OC(C)(C)C)[C@@H](c2nccs2)N1. The lowest BCUT2D eigenvalue weighted by Crippen LogP contribution is -2.49. The number of carbonyl (C=O) groups is 2. The second-order valence-electron chi connectivity index (χ2n) is 8.01. The Kier molecular flexibility index (Phi) is 5.89. The van der Waals surface area contributed by atoms with Crippen molar-refractivity contribution in [2.75, 3.05) is 7.11 Å². The van der Waals surface area contributed by atoms with E-state index in [4.69, 9.17) is 9.47 Å². The normalized spacial score (nSPS) is 26.7. The van der Waals surface area contributed by atoms with Crippen LogP contribution in [0, 0.1) is 11.8 Å². The van der Waals surface area contributed by atoms with Crippen LogP contribution in [0.3, 0.4) is 0 Å². The molecule has 1 aliphatic heterocycles. The first-order chi connectivity index (χ1) is 11.6. The summed E-state index contributed by atoms with van der Waals surface area (Å²) in [6.07, 6.45) is 2.63. The van der Waals surface area contributed by atoms with Crippen LogP contribution in [0.5, 0.6) is 0 Å². The Morgan fingerprint density at radius 3 is 2.60 bits per heavy atom. The molecule has 7 heteroatoms. The van der Waals surface area contributed by atoms with Gasteiger partial charge in [-0.1, -0.05) is 13.8 Å². The molecule has 0 amide bonds. The van der Waals surface area contributed by atoms with Gasteiger partial charge in [0.2, 0.25) is 0 Å². The average molecular weight is 368 g/mol. The van der Waals surface area contributed by atoms with Gasteiger partial charge in [0.1, 0.15) is 16.1 Å². The second kappa shape index (κ2) is 7.41. The topological polar surface area (TPSA) is 77.5 Å². The highest BCUT2D eigenvalue weighted by atomic mass is 32.1. The lowest BCUT2D eigenvalue weighted by Gasteiger charge is -2.29. The van der Waals surface area contributed by atoms with Crippen molar-refractivity contribution in [1.82, 2.24) is 10.3 Å². The van der Waals surface area contributed by atoms with Crippen molar-refractivity contribution in [3.8, 4) is 0 Å². The molecular weight excluding hydrogens is 340 g/mol. The van der Waals surface area contributed by atoms with Crippen LogP contribution in [0.25, 0.3) is 0 Å². The number of nitrogens with one attached hydrogen (secondary N) is 1. The van der Waals surface area contributed by atoms with Crippen LogP contribution in [-0.2, 0) is 19.1 Å². The molecule has 1 aromatic rings. The van der Waals surface area contributed by atoms with Gasteiger partial charge in [-0.25, -0.2) is 4.98 Å². The van der Waals surface area contributed by atoms with Crippen molar-refractivity contribution in [1.29, 1.82) is 0 Å². The molecule has 1 saturated heterocycles. The molecule has 0 aromatic carbocycles. The number of carbonyl (C=O) groups excluding carboxylic acids is 2. The summed E-state index contributed by atoms with van der Waals surface area (Å²) in [6, 6.07) is -0.354. The number of rotatable bonds is 5. The third kappa shape index (κ3) is 4.58. The van der Waals surface area contributed by atoms with E-state index >= 15 is 0 Å². The van der Waals surface area contributed by atoms with Crippen LogP contribution in [0.4, 0.5) is 0 Å². The summed E-state index contributed by atoms with van der Waals surface area (Å²) >= 11 is 1.46. The van der Waals surface area contributed by atoms with E-state index in [1.165, 1.54) is 18.4 Å². The third-order valence-corrected chi connectivity index (χ3v) is 5.02. The molecule has 1 fully saturated rings. The summed E-state index contributed by atoms with van der Waals surface area (Å²) in [5, 5.41) is 6.03. The number of methoxy groups -OCH3 is 1. The smallest absolute Gasteiger partial charge is 0.326 e. The Balaban J connectivity index is 2.38. The van der Waals surface area contributed by atoms with Crippen molar-refractivity contribution in [3.63, 3.8) is 0 Å². The van der Waals surface area contributed by atoms with E-state index in [1.807, 2.05) is 40.0 Å². The van der Waals surface area contributed by atoms with Crippen LogP contribution in [0.1, 0.15) is 58.5 Å². The molecule has 0 bridgehead atoms. The minimum absolute atomic E-state index is 0.265. The standard InChI is InChI=1S/C18H28N2O4S/c1-11(2)9-18(16(22)23-6)10-12(15(21)24-17(3,4)5)13(20-18)14-19-7-8-25-14/h7-8,11-13,20H,9-10H2,1-6H3/t12-,13+,18-/m1/s1. The van der Waals surface area contributed by atoms with Crippen LogP contribution in [0.15, 0.2) is 11.6 Å². The van der Waals surface area contributed by atoms with E-state index < -0.39 is 17.1 Å². The fourth-order valence-electron chi connectivity index (χ4n) is 3.43. The lowest BCUT2D eigenvalue weighted by molar-refractivity contribution is -0.160. The van der Waals surface area contributed by atoms with E-state index in [2.05, 4.69) is 10.3 Å². The molecule has 0 radical (unpaired) electrons. The molecular formula is C18H28N2O4S. The molecule has 1 N–H and O–H groups in total. The fourth-order valence-corrected chi connectivity index (χ4v) is 4.18. The zero-order valence-corrected chi connectivity index (χ0v) is 16.6. The van der Waals surface area contributed by atoms with Gasteiger partial charge in [0.25, 0.3) is 0 Å². The van der Waals surface area contributed by atoms with Gasteiger partial charge in [-0.15, -0.1) is 11.3 Å².